The standard InChI is InChI=1S/C10H12FNO/c1-7-3-8-9(12-4-7)5-13-6-10(8,2)11/h3-4H,5-6H2,1-2H3. The Kier molecular flexibility index (Phi) is 1.84. The van der Waals surface area contributed by atoms with Crippen LogP contribution in [0.1, 0.15) is 23.7 Å². The molecule has 1 atom stereocenters. The average Bonchev–Trinajstić information content (AvgIpc) is 2.06. The molecule has 0 aliphatic carbocycles. The van der Waals surface area contributed by atoms with E-state index in [0.29, 0.717) is 12.2 Å². The third-order valence-electron chi connectivity index (χ3n) is 2.28. The largest absolute Gasteiger partial charge is 0.371 e. The summed E-state index contributed by atoms with van der Waals surface area (Å²) < 4.78 is 19.0. The molecule has 2 rings (SSSR count). The van der Waals surface area contributed by atoms with Crippen molar-refractivity contribution in [2.24, 2.45) is 0 Å². The van der Waals surface area contributed by atoms with E-state index in [1.165, 1.54) is 6.92 Å². The molecular weight excluding hydrogens is 169 g/mol. The minimum Gasteiger partial charge on any atom is -0.371 e. The van der Waals surface area contributed by atoms with Gasteiger partial charge in [-0.05, 0) is 25.5 Å². The number of halogens is 1. The van der Waals surface area contributed by atoms with E-state index in [1.807, 2.05) is 13.0 Å². The summed E-state index contributed by atoms with van der Waals surface area (Å²) in [6.45, 7) is 4.01. The molecule has 0 N–H and O–H groups in total. The Hall–Kier alpha value is -0.960. The predicted octanol–water partition coefficient (Wildman–Crippen LogP) is 2.10. The fraction of sp³-hybridized carbons (Fsp3) is 0.500. The van der Waals surface area contributed by atoms with E-state index in [9.17, 15) is 4.39 Å². The van der Waals surface area contributed by atoms with Crippen molar-refractivity contribution in [2.45, 2.75) is 26.1 Å². The zero-order valence-electron chi connectivity index (χ0n) is 7.80. The maximum atomic E-state index is 13.9. The Balaban J connectivity index is 2.55. The number of alkyl halides is 1. The summed E-state index contributed by atoms with van der Waals surface area (Å²) in [6.07, 6.45) is 1.74. The lowest BCUT2D eigenvalue weighted by Crippen LogP contribution is -2.29. The highest BCUT2D eigenvalue weighted by atomic mass is 19.1. The molecule has 0 saturated heterocycles. The van der Waals surface area contributed by atoms with Gasteiger partial charge in [-0.2, -0.15) is 0 Å². The van der Waals surface area contributed by atoms with Crippen molar-refractivity contribution < 1.29 is 9.13 Å². The molecule has 1 aliphatic rings. The second-order valence-electron chi connectivity index (χ2n) is 3.70. The van der Waals surface area contributed by atoms with E-state index >= 15 is 0 Å². The minimum absolute atomic E-state index is 0.130. The van der Waals surface area contributed by atoms with E-state index in [-0.39, 0.29) is 6.61 Å². The van der Waals surface area contributed by atoms with Gasteiger partial charge in [0.05, 0.1) is 18.9 Å². The normalized spacial score (nSPS) is 27.0. The van der Waals surface area contributed by atoms with E-state index in [0.717, 1.165) is 11.3 Å². The van der Waals surface area contributed by atoms with Crippen LogP contribution in [-0.2, 0) is 17.0 Å². The molecule has 1 aromatic rings. The number of hydrogen-bond acceptors (Lipinski definition) is 2. The summed E-state index contributed by atoms with van der Waals surface area (Å²) in [6, 6.07) is 1.85. The second-order valence-corrected chi connectivity index (χ2v) is 3.70. The van der Waals surface area contributed by atoms with Crippen molar-refractivity contribution in [2.75, 3.05) is 6.61 Å². The maximum absolute atomic E-state index is 13.9. The molecule has 2 heterocycles. The molecule has 0 amide bonds. The molecule has 0 saturated carbocycles. The van der Waals surface area contributed by atoms with Crippen molar-refractivity contribution in [1.82, 2.24) is 4.98 Å². The Labute approximate surface area is 76.7 Å². The van der Waals surface area contributed by atoms with Gasteiger partial charge in [0.25, 0.3) is 0 Å². The Bertz CT molecular complexity index is 336. The van der Waals surface area contributed by atoms with Gasteiger partial charge in [0.15, 0.2) is 5.67 Å². The predicted molar refractivity (Wildman–Crippen MR) is 47.1 cm³/mol. The number of pyridine rings is 1. The number of fused-ring (bicyclic) bond motifs is 1. The Morgan fingerprint density at radius 2 is 2.38 bits per heavy atom. The molecule has 13 heavy (non-hydrogen) atoms. The summed E-state index contributed by atoms with van der Waals surface area (Å²) in [5.41, 5.74) is 1.01. The first-order valence-electron chi connectivity index (χ1n) is 4.32. The van der Waals surface area contributed by atoms with Gasteiger partial charge < -0.3 is 4.74 Å². The molecular formula is C10H12FNO. The van der Waals surface area contributed by atoms with Gasteiger partial charge in [-0.3, -0.25) is 4.98 Å². The summed E-state index contributed by atoms with van der Waals surface area (Å²) in [7, 11) is 0. The van der Waals surface area contributed by atoms with Gasteiger partial charge in [0.1, 0.15) is 0 Å². The van der Waals surface area contributed by atoms with Crippen LogP contribution in [-0.4, -0.2) is 11.6 Å². The number of ether oxygens (including phenoxy) is 1. The lowest BCUT2D eigenvalue weighted by Gasteiger charge is -2.28. The highest BCUT2D eigenvalue weighted by molar-refractivity contribution is 5.31. The molecule has 0 aromatic carbocycles. The molecule has 0 spiro atoms. The van der Waals surface area contributed by atoms with Crippen LogP contribution in [0, 0.1) is 6.92 Å². The van der Waals surface area contributed by atoms with Crippen LogP contribution in [0.2, 0.25) is 0 Å². The Morgan fingerprint density at radius 3 is 3.15 bits per heavy atom. The highest BCUT2D eigenvalue weighted by Gasteiger charge is 2.33. The number of hydrogen-bond donors (Lipinski definition) is 0. The fourth-order valence-electron chi connectivity index (χ4n) is 1.58. The van der Waals surface area contributed by atoms with E-state index in [4.69, 9.17) is 4.74 Å². The molecule has 1 aliphatic heterocycles. The quantitative estimate of drug-likeness (QED) is 0.611. The molecule has 2 nitrogen and oxygen atoms in total. The van der Waals surface area contributed by atoms with Crippen LogP contribution in [0.5, 0.6) is 0 Å². The SMILES string of the molecule is Cc1cnc2c(c1)C(C)(F)COC2. The molecule has 70 valence electrons. The van der Waals surface area contributed by atoms with Crippen molar-refractivity contribution in [3.8, 4) is 0 Å². The first-order valence-corrected chi connectivity index (χ1v) is 4.32. The molecule has 1 aromatic heterocycles. The van der Waals surface area contributed by atoms with Crippen molar-refractivity contribution in [3.63, 3.8) is 0 Å². The first-order chi connectivity index (χ1) is 6.09. The average molecular weight is 181 g/mol. The number of aromatic nitrogens is 1. The number of nitrogens with zero attached hydrogens (tertiary/aromatic N) is 1. The van der Waals surface area contributed by atoms with Crippen LogP contribution in [0.15, 0.2) is 12.3 Å². The monoisotopic (exact) mass is 181 g/mol. The maximum Gasteiger partial charge on any atom is 0.158 e. The van der Waals surface area contributed by atoms with Crippen LogP contribution in [0.25, 0.3) is 0 Å². The smallest absolute Gasteiger partial charge is 0.158 e. The molecule has 3 heteroatoms. The first kappa shape index (κ1) is 8.63. The molecule has 0 fully saturated rings. The van der Waals surface area contributed by atoms with Gasteiger partial charge in [0, 0.05) is 11.8 Å². The van der Waals surface area contributed by atoms with Gasteiger partial charge in [-0.25, -0.2) is 4.39 Å². The summed E-state index contributed by atoms with van der Waals surface area (Å²) >= 11 is 0. The lowest BCUT2D eigenvalue weighted by atomic mass is 9.94. The number of rotatable bonds is 0. The number of aryl methyl sites for hydroxylation is 1. The third-order valence-corrected chi connectivity index (χ3v) is 2.28. The van der Waals surface area contributed by atoms with Gasteiger partial charge >= 0.3 is 0 Å². The zero-order chi connectivity index (χ0) is 9.47. The van der Waals surface area contributed by atoms with Gasteiger partial charge in [-0.15, -0.1) is 0 Å². The zero-order valence-corrected chi connectivity index (χ0v) is 7.80. The lowest BCUT2D eigenvalue weighted by molar-refractivity contribution is -0.00692. The van der Waals surface area contributed by atoms with E-state index < -0.39 is 5.67 Å². The fourth-order valence-corrected chi connectivity index (χ4v) is 1.58. The van der Waals surface area contributed by atoms with Crippen LogP contribution in [0.4, 0.5) is 4.39 Å². The van der Waals surface area contributed by atoms with Crippen LogP contribution >= 0.6 is 0 Å². The molecule has 1 unspecified atom stereocenters. The van der Waals surface area contributed by atoms with Crippen LogP contribution in [0.3, 0.4) is 0 Å². The molecule has 0 radical (unpaired) electrons. The van der Waals surface area contributed by atoms with Crippen molar-refractivity contribution in [1.29, 1.82) is 0 Å². The summed E-state index contributed by atoms with van der Waals surface area (Å²) in [5, 5.41) is 0. The van der Waals surface area contributed by atoms with Gasteiger partial charge in [0.2, 0.25) is 0 Å². The molecule has 0 bridgehead atoms. The topological polar surface area (TPSA) is 22.1 Å². The second kappa shape index (κ2) is 2.77. The van der Waals surface area contributed by atoms with Crippen LogP contribution < -0.4 is 0 Å². The summed E-state index contributed by atoms with van der Waals surface area (Å²) in [4.78, 5) is 4.15. The van der Waals surface area contributed by atoms with Crippen molar-refractivity contribution in [3.05, 3.63) is 29.1 Å². The minimum atomic E-state index is -1.38. The van der Waals surface area contributed by atoms with Crippen molar-refractivity contribution >= 4 is 0 Å². The highest BCUT2D eigenvalue weighted by Crippen LogP contribution is 2.32. The Morgan fingerprint density at radius 1 is 1.62 bits per heavy atom. The van der Waals surface area contributed by atoms with E-state index in [1.54, 1.807) is 6.20 Å². The summed E-state index contributed by atoms with van der Waals surface area (Å²) in [5.74, 6) is 0. The van der Waals surface area contributed by atoms with Gasteiger partial charge in [-0.1, -0.05) is 0 Å². The third kappa shape index (κ3) is 1.44. The van der Waals surface area contributed by atoms with E-state index in [2.05, 4.69) is 4.98 Å².